The topological polar surface area (TPSA) is 15.3 Å². The van der Waals surface area contributed by atoms with Gasteiger partial charge in [0.15, 0.2) is 0 Å². The summed E-state index contributed by atoms with van der Waals surface area (Å²) in [5.74, 6) is 0. The van der Waals surface area contributed by atoms with Gasteiger partial charge in [0.2, 0.25) is 0 Å². The molecule has 1 aliphatic heterocycles. The smallest absolute Gasteiger partial charge is 0.0369 e. The molecule has 1 fully saturated rings. The molecule has 1 N–H and O–H groups in total. The third-order valence-corrected chi connectivity index (χ3v) is 3.37. The van der Waals surface area contributed by atoms with E-state index in [2.05, 4.69) is 48.3 Å². The number of hydrogen-bond donors (Lipinski definition) is 1. The van der Waals surface area contributed by atoms with Crippen LogP contribution >= 0.6 is 0 Å². The highest BCUT2D eigenvalue weighted by Gasteiger charge is 2.21. The van der Waals surface area contributed by atoms with Crippen LogP contribution in [0, 0.1) is 0 Å². The first-order valence-electron chi connectivity index (χ1n) is 6.40. The van der Waals surface area contributed by atoms with Crippen LogP contribution in [0.2, 0.25) is 0 Å². The number of nitrogens with one attached hydrogen (secondary N) is 1. The summed E-state index contributed by atoms with van der Waals surface area (Å²) in [7, 11) is 0. The van der Waals surface area contributed by atoms with Crippen molar-refractivity contribution in [3.63, 3.8) is 0 Å². The van der Waals surface area contributed by atoms with Gasteiger partial charge in [-0.15, -0.1) is 0 Å². The zero-order valence-electron chi connectivity index (χ0n) is 10.4. The molecule has 0 saturated carbocycles. The van der Waals surface area contributed by atoms with E-state index in [0.717, 1.165) is 19.5 Å². The van der Waals surface area contributed by atoms with Crippen LogP contribution in [-0.4, -0.2) is 25.7 Å². The average molecular weight is 218 g/mol. The Morgan fingerprint density at radius 1 is 1.38 bits per heavy atom. The van der Waals surface area contributed by atoms with Gasteiger partial charge in [0, 0.05) is 24.8 Å². The van der Waals surface area contributed by atoms with E-state index in [-0.39, 0.29) is 0 Å². The van der Waals surface area contributed by atoms with Crippen molar-refractivity contribution in [2.45, 2.75) is 32.7 Å². The van der Waals surface area contributed by atoms with Gasteiger partial charge >= 0.3 is 0 Å². The van der Waals surface area contributed by atoms with Crippen molar-refractivity contribution in [3.8, 4) is 0 Å². The number of likely N-dealkylation sites (N-methyl/N-ethyl adjacent to an activating group) is 1. The van der Waals surface area contributed by atoms with E-state index in [0.29, 0.717) is 6.04 Å². The molecule has 1 aromatic carbocycles. The standard InChI is InChI=1S/C14H22N2/c1-3-12-6-5-7-14(10-12)16-9-8-13(11-16)15-4-2/h5-7,10,13,15H,3-4,8-9,11H2,1-2H3. The zero-order valence-corrected chi connectivity index (χ0v) is 10.4. The van der Waals surface area contributed by atoms with E-state index < -0.39 is 0 Å². The van der Waals surface area contributed by atoms with Gasteiger partial charge in [0.25, 0.3) is 0 Å². The summed E-state index contributed by atoms with van der Waals surface area (Å²) in [5, 5.41) is 3.53. The summed E-state index contributed by atoms with van der Waals surface area (Å²) in [5.41, 5.74) is 2.82. The normalized spacial score (nSPS) is 20.4. The molecule has 88 valence electrons. The maximum absolute atomic E-state index is 3.53. The Bertz CT molecular complexity index is 335. The van der Waals surface area contributed by atoms with Gasteiger partial charge in [0.05, 0.1) is 0 Å². The van der Waals surface area contributed by atoms with Gasteiger partial charge < -0.3 is 10.2 Å². The van der Waals surface area contributed by atoms with Crippen LogP contribution in [-0.2, 0) is 6.42 Å². The molecule has 0 spiro atoms. The predicted octanol–water partition coefficient (Wildman–Crippen LogP) is 2.44. The number of anilines is 1. The van der Waals surface area contributed by atoms with Gasteiger partial charge in [-0.3, -0.25) is 0 Å². The minimum absolute atomic E-state index is 0.676. The highest BCUT2D eigenvalue weighted by Crippen LogP contribution is 2.21. The second-order valence-corrected chi connectivity index (χ2v) is 4.51. The number of nitrogens with zero attached hydrogens (tertiary/aromatic N) is 1. The molecule has 1 aliphatic rings. The summed E-state index contributed by atoms with van der Waals surface area (Å²) < 4.78 is 0. The lowest BCUT2D eigenvalue weighted by molar-refractivity contribution is 0.572. The molecule has 0 amide bonds. The Kier molecular flexibility index (Phi) is 3.83. The fourth-order valence-corrected chi connectivity index (χ4v) is 2.42. The Morgan fingerprint density at radius 2 is 2.25 bits per heavy atom. The van der Waals surface area contributed by atoms with Gasteiger partial charge in [-0.2, -0.15) is 0 Å². The van der Waals surface area contributed by atoms with E-state index in [4.69, 9.17) is 0 Å². The quantitative estimate of drug-likeness (QED) is 0.835. The lowest BCUT2D eigenvalue weighted by atomic mass is 10.1. The summed E-state index contributed by atoms with van der Waals surface area (Å²) in [6, 6.07) is 9.62. The van der Waals surface area contributed by atoms with Crippen molar-refractivity contribution in [1.82, 2.24) is 5.32 Å². The molecule has 0 bridgehead atoms. The van der Waals surface area contributed by atoms with Crippen LogP contribution in [0.5, 0.6) is 0 Å². The molecular weight excluding hydrogens is 196 g/mol. The van der Waals surface area contributed by atoms with E-state index in [1.54, 1.807) is 0 Å². The van der Waals surface area contributed by atoms with Crippen molar-refractivity contribution in [3.05, 3.63) is 29.8 Å². The molecule has 1 heterocycles. The number of benzene rings is 1. The molecule has 1 unspecified atom stereocenters. The van der Waals surface area contributed by atoms with Crippen LogP contribution in [0.15, 0.2) is 24.3 Å². The highest BCUT2D eigenvalue weighted by molar-refractivity contribution is 5.49. The molecular formula is C14H22N2. The molecule has 2 rings (SSSR count). The maximum Gasteiger partial charge on any atom is 0.0369 e. The van der Waals surface area contributed by atoms with Crippen LogP contribution in [0.25, 0.3) is 0 Å². The Hall–Kier alpha value is -1.02. The first-order valence-corrected chi connectivity index (χ1v) is 6.40. The summed E-state index contributed by atoms with van der Waals surface area (Å²) in [6.45, 7) is 7.81. The maximum atomic E-state index is 3.53. The Morgan fingerprint density at radius 3 is 3.00 bits per heavy atom. The van der Waals surface area contributed by atoms with Crippen molar-refractivity contribution in [2.24, 2.45) is 0 Å². The Labute approximate surface area is 98.7 Å². The lowest BCUT2D eigenvalue weighted by Gasteiger charge is -2.19. The van der Waals surface area contributed by atoms with Gasteiger partial charge in [0.1, 0.15) is 0 Å². The fourth-order valence-electron chi connectivity index (χ4n) is 2.42. The molecule has 2 heteroatoms. The second-order valence-electron chi connectivity index (χ2n) is 4.51. The second kappa shape index (κ2) is 5.35. The number of hydrogen-bond acceptors (Lipinski definition) is 2. The average Bonchev–Trinajstić information content (AvgIpc) is 2.78. The zero-order chi connectivity index (χ0) is 11.4. The van der Waals surface area contributed by atoms with Crippen molar-refractivity contribution < 1.29 is 0 Å². The minimum Gasteiger partial charge on any atom is -0.370 e. The van der Waals surface area contributed by atoms with Gasteiger partial charge in [-0.25, -0.2) is 0 Å². The van der Waals surface area contributed by atoms with Crippen LogP contribution < -0.4 is 10.2 Å². The van der Waals surface area contributed by atoms with E-state index >= 15 is 0 Å². The van der Waals surface area contributed by atoms with Crippen molar-refractivity contribution in [1.29, 1.82) is 0 Å². The predicted molar refractivity (Wildman–Crippen MR) is 70.1 cm³/mol. The molecule has 1 saturated heterocycles. The number of aryl methyl sites for hydroxylation is 1. The summed E-state index contributed by atoms with van der Waals surface area (Å²) in [4.78, 5) is 2.49. The summed E-state index contributed by atoms with van der Waals surface area (Å²) >= 11 is 0. The third kappa shape index (κ3) is 2.56. The molecule has 1 aromatic rings. The van der Waals surface area contributed by atoms with Crippen LogP contribution in [0.3, 0.4) is 0 Å². The van der Waals surface area contributed by atoms with E-state index in [1.807, 2.05) is 0 Å². The van der Waals surface area contributed by atoms with Crippen molar-refractivity contribution in [2.75, 3.05) is 24.5 Å². The minimum atomic E-state index is 0.676. The summed E-state index contributed by atoms with van der Waals surface area (Å²) in [6.07, 6.45) is 2.39. The first kappa shape index (κ1) is 11.5. The van der Waals surface area contributed by atoms with E-state index in [1.165, 1.54) is 24.2 Å². The van der Waals surface area contributed by atoms with E-state index in [9.17, 15) is 0 Å². The largest absolute Gasteiger partial charge is 0.370 e. The molecule has 2 nitrogen and oxygen atoms in total. The molecule has 0 radical (unpaired) electrons. The van der Waals surface area contributed by atoms with Crippen LogP contribution in [0.4, 0.5) is 5.69 Å². The molecule has 0 aromatic heterocycles. The SMILES string of the molecule is CCNC1CCN(c2cccc(CC)c2)C1. The first-order chi connectivity index (χ1) is 7.83. The molecule has 0 aliphatic carbocycles. The van der Waals surface area contributed by atoms with Crippen LogP contribution in [0.1, 0.15) is 25.8 Å². The lowest BCUT2D eigenvalue weighted by Crippen LogP contribution is -2.32. The van der Waals surface area contributed by atoms with Gasteiger partial charge in [-0.05, 0) is 37.1 Å². The fraction of sp³-hybridized carbons (Fsp3) is 0.571. The molecule has 1 atom stereocenters. The molecule has 16 heavy (non-hydrogen) atoms. The Balaban J connectivity index is 2.02. The number of rotatable bonds is 4. The van der Waals surface area contributed by atoms with Gasteiger partial charge in [-0.1, -0.05) is 26.0 Å². The monoisotopic (exact) mass is 218 g/mol. The highest BCUT2D eigenvalue weighted by atomic mass is 15.2. The van der Waals surface area contributed by atoms with Crippen molar-refractivity contribution >= 4 is 5.69 Å². The third-order valence-electron chi connectivity index (χ3n) is 3.37.